The molecule has 0 saturated carbocycles. The molecule has 2 aromatic carbocycles. The number of carbonyl (C=O) groups is 1. The highest BCUT2D eigenvalue weighted by Gasteiger charge is 2.17. The molecule has 0 aliphatic rings. The zero-order valence-electron chi connectivity index (χ0n) is 18.9. The van der Waals surface area contributed by atoms with Crippen molar-refractivity contribution in [2.75, 3.05) is 12.4 Å². The summed E-state index contributed by atoms with van der Waals surface area (Å²) in [6.07, 6.45) is 4.83. The maximum absolute atomic E-state index is 12.5. The van der Waals surface area contributed by atoms with Crippen molar-refractivity contribution in [3.63, 3.8) is 0 Å². The Labute approximate surface area is 239 Å². The van der Waals surface area contributed by atoms with E-state index in [1.807, 2.05) is 76.5 Å². The number of pyridine rings is 1. The van der Waals surface area contributed by atoms with Crippen LogP contribution < -0.4 is 10.2 Å². The van der Waals surface area contributed by atoms with E-state index in [2.05, 4.69) is 48.3 Å². The highest BCUT2D eigenvalue weighted by atomic mass is 127. The number of halogens is 2. The van der Waals surface area contributed by atoms with Crippen molar-refractivity contribution in [2.45, 2.75) is 12.1 Å². The molecule has 184 valence electrons. The number of benzene rings is 2. The van der Waals surface area contributed by atoms with Crippen LogP contribution in [0.25, 0.3) is 17.1 Å². The van der Waals surface area contributed by atoms with Crippen LogP contribution in [0.1, 0.15) is 12.5 Å². The van der Waals surface area contributed by atoms with Crippen LogP contribution in [0.5, 0.6) is 11.5 Å². The van der Waals surface area contributed by atoms with Gasteiger partial charge in [0.1, 0.15) is 11.5 Å². The lowest BCUT2D eigenvalue weighted by Gasteiger charge is -2.11. The van der Waals surface area contributed by atoms with Crippen LogP contribution >= 0.6 is 56.9 Å². The van der Waals surface area contributed by atoms with E-state index in [0.29, 0.717) is 26.7 Å². The van der Waals surface area contributed by atoms with Crippen molar-refractivity contribution in [2.24, 2.45) is 5.10 Å². The van der Waals surface area contributed by atoms with Crippen molar-refractivity contribution in [1.82, 2.24) is 25.2 Å². The third-order valence-corrected chi connectivity index (χ3v) is 7.12. The Morgan fingerprint density at radius 1 is 1.22 bits per heavy atom. The van der Waals surface area contributed by atoms with E-state index < -0.39 is 0 Å². The number of rotatable bonds is 9. The molecule has 0 bridgehead atoms. The van der Waals surface area contributed by atoms with E-state index in [0.717, 1.165) is 20.6 Å². The van der Waals surface area contributed by atoms with E-state index in [9.17, 15) is 9.90 Å². The fourth-order valence-electron chi connectivity index (χ4n) is 3.16. The maximum Gasteiger partial charge on any atom is 0.250 e. The Morgan fingerprint density at radius 2 is 2.03 bits per heavy atom. The van der Waals surface area contributed by atoms with Crippen molar-refractivity contribution < 1.29 is 14.6 Å². The van der Waals surface area contributed by atoms with Gasteiger partial charge in [0, 0.05) is 32.8 Å². The monoisotopic (exact) mass is 726 g/mol. The Balaban J connectivity index is 1.51. The Bertz CT molecular complexity index is 1380. The molecule has 12 heteroatoms. The van der Waals surface area contributed by atoms with Gasteiger partial charge in [0.05, 0.1) is 22.1 Å². The van der Waals surface area contributed by atoms with E-state index in [1.54, 1.807) is 18.5 Å². The number of phenolic OH excluding ortho intramolecular Hbond substituents is 1. The summed E-state index contributed by atoms with van der Waals surface area (Å²) in [6, 6.07) is 14.9. The molecule has 4 rings (SSSR count). The van der Waals surface area contributed by atoms with E-state index in [1.165, 1.54) is 18.0 Å². The molecular formula is C24H20I2N6O3S. The summed E-state index contributed by atoms with van der Waals surface area (Å²) in [7, 11) is 0. The van der Waals surface area contributed by atoms with Gasteiger partial charge in [-0.05, 0) is 101 Å². The lowest BCUT2D eigenvalue weighted by molar-refractivity contribution is -0.118. The Morgan fingerprint density at radius 3 is 2.75 bits per heavy atom. The molecule has 0 aliphatic carbocycles. The second-order valence-electron chi connectivity index (χ2n) is 7.22. The van der Waals surface area contributed by atoms with Crippen LogP contribution in [-0.4, -0.2) is 49.3 Å². The SMILES string of the molecule is CCOc1ccc(-n2c(SCC(=O)N/N=C\c3cc(I)cc(I)c3O)nnc2-c2cccnc2)cc1. The molecule has 2 aromatic heterocycles. The lowest BCUT2D eigenvalue weighted by atomic mass is 10.2. The largest absolute Gasteiger partial charge is 0.506 e. The molecule has 0 unspecified atom stereocenters. The van der Waals surface area contributed by atoms with Crippen LogP contribution in [-0.2, 0) is 4.79 Å². The normalized spacial score (nSPS) is 11.1. The number of nitrogens with one attached hydrogen (secondary N) is 1. The minimum atomic E-state index is -0.319. The summed E-state index contributed by atoms with van der Waals surface area (Å²) < 4.78 is 9.09. The quantitative estimate of drug-likeness (QED) is 0.109. The van der Waals surface area contributed by atoms with E-state index >= 15 is 0 Å². The van der Waals surface area contributed by atoms with Gasteiger partial charge >= 0.3 is 0 Å². The summed E-state index contributed by atoms with van der Waals surface area (Å²) in [5, 5.41) is 23.4. The highest BCUT2D eigenvalue weighted by molar-refractivity contribution is 14.1. The predicted octanol–water partition coefficient (Wildman–Crippen LogP) is 4.89. The fourth-order valence-corrected chi connectivity index (χ4v) is 5.79. The predicted molar refractivity (Wildman–Crippen MR) is 156 cm³/mol. The van der Waals surface area contributed by atoms with Gasteiger partial charge in [0.25, 0.3) is 5.91 Å². The van der Waals surface area contributed by atoms with Gasteiger partial charge in [-0.3, -0.25) is 14.3 Å². The number of ether oxygens (including phenoxy) is 1. The molecule has 0 radical (unpaired) electrons. The molecule has 36 heavy (non-hydrogen) atoms. The molecule has 0 aliphatic heterocycles. The number of hydrogen-bond donors (Lipinski definition) is 2. The molecule has 2 heterocycles. The molecule has 2 N–H and O–H groups in total. The summed E-state index contributed by atoms with van der Waals surface area (Å²) in [5.74, 6) is 1.24. The second kappa shape index (κ2) is 12.5. The number of hydrazone groups is 1. The number of carbonyl (C=O) groups excluding carboxylic acids is 1. The van der Waals surface area contributed by atoms with Gasteiger partial charge < -0.3 is 9.84 Å². The van der Waals surface area contributed by atoms with Gasteiger partial charge in [-0.25, -0.2) is 5.43 Å². The number of phenols is 1. The number of thioether (sulfide) groups is 1. The molecule has 9 nitrogen and oxygen atoms in total. The maximum atomic E-state index is 12.5. The molecule has 0 atom stereocenters. The van der Waals surface area contributed by atoms with Crippen LogP contribution in [0, 0.1) is 7.14 Å². The van der Waals surface area contributed by atoms with Crippen LogP contribution in [0.3, 0.4) is 0 Å². The van der Waals surface area contributed by atoms with Crippen LogP contribution in [0.2, 0.25) is 0 Å². The average Bonchev–Trinajstić information content (AvgIpc) is 3.31. The smallest absolute Gasteiger partial charge is 0.250 e. The zero-order valence-corrected chi connectivity index (χ0v) is 24.1. The Hall–Kier alpha value is -2.72. The summed E-state index contributed by atoms with van der Waals surface area (Å²) in [5.41, 5.74) is 4.64. The first-order valence-corrected chi connectivity index (χ1v) is 13.8. The highest BCUT2D eigenvalue weighted by Crippen LogP contribution is 2.29. The molecule has 0 saturated heterocycles. The molecular weight excluding hydrogens is 706 g/mol. The first kappa shape index (κ1) is 26.3. The minimum absolute atomic E-state index is 0.0649. The minimum Gasteiger partial charge on any atom is -0.506 e. The van der Waals surface area contributed by atoms with Crippen molar-refractivity contribution in [3.8, 4) is 28.6 Å². The topological polar surface area (TPSA) is 115 Å². The van der Waals surface area contributed by atoms with Crippen molar-refractivity contribution in [3.05, 3.63) is 73.6 Å². The third kappa shape index (κ3) is 6.53. The number of hydrogen-bond acceptors (Lipinski definition) is 8. The third-order valence-electron chi connectivity index (χ3n) is 4.74. The molecule has 1 amide bonds. The standard InChI is InChI=1S/C24H20I2N6O3S/c1-2-35-19-7-5-18(6-8-19)32-23(15-4-3-9-27-12-15)30-31-24(32)36-14-21(33)29-28-13-16-10-17(25)11-20(26)22(16)34/h3-13,34H,2,14H2,1H3,(H,29,33)/b28-13-. The van der Waals surface area contributed by atoms with Crippen LogP contribution in [0.4, 0.5) is 0 Å². The van der Waals surface area contributed by atoms with Gasteiger partial charge in [0.2, 0.25) is 0 Å². The zero-order chi connectivity index (χ0) is 25.5. The van der Waals surface area contributed by atoms with Gasteiger partial charge in [-0.1, -0.05) is 11.8 Å². The van der Waals surface area contributed by atoms with Gasteiger partial charge in [-0.2, -0.15) is 5.10 Å². The fraction of sp³-hybridized carbons (Fsp3) is 0.125. The first-order valence-electron chi connectivity index (χ1n) is 10.7. The summed E-state index contributed by atoms with van der Waals surface area (Å²) >= 11 is 5.44. The lowest BCUT2D eigenvalue weighted by Crippen LogP contribution is -2.20. The average molecular weight is 726 g/mol. The molecule has 4 aromatic rings. The second-order valence-corrected chi connectivity index (χ2v) is 10.6. The van der Waals surface area contributed by atoms with Gasteiger partial charge in [0.15, 0.2) is 11.0 Å². The number of aromatic nitrogens is 4. The first-order chi connectivity index (χ1) is 17.5. The van der Waals surface area contributed by atoms with E-state index in [-0.39, 0.29) is 17.4 Å². The van der Waals surface area contributed by atoms with E-state index in [4.69, 9.17) is 4.74 Å². The number of nitrogens with zero attached hydrogens (tertiary/aromatic N) is 5. The molecule has 0 spiro atoms. The van der Waals surface area contributed by atoms with Gasteiger partial charge in [-0.15, -0.1) is 10.2 Å². The summed E-state index contributed by atoms with van der Waals surface area (Å²) in [6.45, 7) is 2.51. The van der Waals surface area contributed by atoms with Crippen molar-refractivity contribution in [1.29, 1.82) is 0 Å². The molecule has 0 fully saturated rings. The van der Waals surface area contributed by atoms with Crippen molar-refractivity contribution >= 4 is 69.1 Å². The Kier molecular flexibility index (Phi) is 9.14. The van der Waals surface area contributed by atoms with Crippen LogP contribution in [0.15, 0.2) is 71.2 Å². The number of amides is 1. The summed E-state index contributed by atoms with van der Waals surface area (Å²) in [4.78, 5) is 16.7. The number of aromatic hydroxyl groups is 1.